The van der Waals surface area contributed by atoms with Gasteiger partial charge < -0.3 is 15.0 Å². The molecule has 0 radical (unpaired) electrons. The van der Waals surface area contributed by atoms with Crippen molar-refractivity contribution in [3.8, 4) is 11.6 Å². The third-order valence-electron chi connectivity index (χ3n) is 2.09. The minimum atomic E-state index is 0.427. The second-order valence-corrected chi connectivity index (χ2v) is 4.24. The highest BCUT2D eigenvalue weighted by Crippen LogP contribution is 2.19. The number of nitrogens with two attached hydrogens (primary N) is 1. The minimum absolute atomic E-state index is 0.427. The van der Waals surface area contributed by atoms with Crippen molar-refractivity contribution in [1.29, 1.82) is 0 Å². The lowest BCUT2D eigenvalue weighted by atomic mass is 10.4. The summed E-state index contributed by atoms with van der Waals surface area (Å²) in [5.41, 5.74) is 6.18. The normalized spacial score (nSPS) is 10.9. The van der Waals surface area contributed by atoms with E-state index in [0.717, 1.165) is 5.01 Å². The van der Waals surface area contributed by atoms with Crippen molar-refractivity contribution in [2.75, 3.05) is 13.2 Å². The summed E-state index contributed by atoms with van der Waals surface area (Å²) in [7, 11) is 0. The molecule has 0 aromatic carbocycles. The molecule has 2 rings (SSSR count). The van der Waals surface area contributed by atoms with Gasteiger partial charge in [-0.15, -0.1) is 11.3 Å². The topological polar surface area (TPSA) is 87.1 Å². The summed E-state index contributed by atoms with van der Waals surface area (Å²) in [5.74, 6) is 1.07. The molecule has 0 unspecified atom stereocenters. The first-order valence-electron chi connectivity index (χ1n) is 5.38. The Morgan fingerprint density at radius 2 is 2.35 bits per heavy atom. The maximum Gasteiger partial charge on any atom is 0.277 e. The van der Waals surface area contributed by atoms with Gasteiger partial charge in [-0.2, -0.15) is 4.98 Å². The Labute approximate surface area is 103 Å². The van der Waals surface area contributed by atoms with Crippen molar-refractivity contribution < 1.29 is 9.26 Å². The SMILES string of the molecule is CCOCCc1noc(-c2csc(CN)n2)n1. The molecule has 2 heterocycles. The average Bonchev–Trinajstić information content (AvgIpc) is 2.97. The second-order valence-electron chi connectivity index (χ2n) is 3.29. The Kier molecular flexibility index (Phi) is 4.18. The van der Waals surface area contributed by atoms with Crippen LogP contribution in [0.4, 0.5) is 0 Å². The first-order chi connectivity index (χ1) is 8.33. The molecule has 7 heteroatoms. The molecule has 6 nitrogen and oxygen atoms in total. The highest BCUT2D eigenvalue weighted by molar-refractivity contribution is 7.09. The molecule has 0 amide bonds. The summed E-state index contributed by atoms with van der Waals surface area (Å²) >= 11 is 1.49. The van der Waals surface area contributed by atoms with Gasteiger partial charge in [-0.1, -0.05) is 5.16 Å². The van der Waals surface area contributed by atoms with Crippen LogP contribution in [0.5, 0.6) is 0 Å². The number of nitrogens with zero attached hydrogens (tertiary/aromatic N) is 3. The van der Waals surface area contributed by atoms with Gasteiger partial charge in [0.25, 0.3) is 5.89 Å². The van der Waals surface area contributed by atoms with Crippen molar-refractivity contribution >= 4 is 11.3 Å². The standard InChI is InChI=1S/C10H14N4O2S/c1-2-15-4-3-8-13-10(16-14-8)7-6-17-9(5-11)12-7/h6H,2-5,11H2,1H3. The summed E-state index contributed by atoms with van der Waals surface area (Å²) in [6.45, 7) is 3.67. The van der Waals surface area contributed by atoms with Crippen LogP contribution in [-0.4, -0.2) is 28.3 Å². The molecule has 92 valence electrons. The highest BCUT2D eigenvalue weighted by atomic mass is 32.1. The van der Waals surface area contributed by atoms with Gasteiger partial charge >= 0.3 is 0 Å². The number of hydrogen-bond acceptors (Lipinski definition) is 7. The molecule has 0 bridgehead atoms. The van der Waals surface area contributed by atoms with E-state index in [-0.39, 0.29) is 0 Å². The summed E-state index contributed by atoms with van der Waals surface area (Å²) in [6, 6.07) is 0. The Morgan fingerprint density at radius 1 is 1.47 bits per heavy atom. The second kappa shape index (κ2) is 5.85. The molecular formula is C10H14N4O2S. The van der Waals surface area contributed by atoms with E-state index >= 15 is 0 Å². The first-order valence-corrected chi connectivity index (χ1v) is 6.26. The molecular weight excluding hydrogens is 240 g/mol. The van der Waals surface area contributed by atoms with Gasteiger partial charge in [-0.05, 0) is 6.92 Å². The highest BCUT2D eigenvalue weighted by Gasteiger charge is 2.11. The molecule has 0 aliphatic carbocycles. The average molecular weight is 254 g/mol. The Morgan fingerprint density at radius 3 is 3.06 bits per heavy atom. The number of thiazole rings is 1. The van der Waals surface area contributed by atoms with Crippen LogP contribution >= 0.6 is 11.3 Å². The van der Waals surface area contributed by atoms with Crippen LogP contribution in [0.1, 0.15) is 17.8 Å². The Balaban J connectivity index is 2.02. The van der Waals surface area contributed by atoms with Crippen LogP contribution < -0.4 is 5.73 Å². The van der Waals surface area contributed by atoms with Crippen LogP contribution in [0.2, 0.25) is 0 Å². The molecule has 0 aliphatic heterocycles. The lowest BCUT2D eigenvalue weighted by molar-refractivity contribution is 0.149. The first kappa shape index (κ1) is 12.2. The predicted octanol–water partition coefficient (Wildman–Crippen LogP) is 1.23. The zero-order chi connectivity index (χ0) is 12.1. The number of hydrogen-bond donors (Lipinski definition) is 1. The van der Waals surface area contributed by atoms with Crippen LogP contribution in [0.15, 0.2) is 9.90 Å². The molecule has 0 saturated heterocycles. The monoisotopic (exact) mass is 254 g/mol. The van der Waals surface area contributed by atoms with E-state index in [1.807, 2.05) is 12.3 Å². The summed E-state index contributed by atoms with van der Waals surface area (Å²) in [6.07, 6.45) is 0.644. The van der Waals surface area contributed by atoms with E-state index in [0.29, 0.717) is 43.6 Å². The zero-order valence-corrected chi connectivity index (χ0v) is 10.4. The summed E-state index contributed by atoms with van der Waals surface area (Å²) < 4.78 is 10.3. The molecule has 2 aromatic rings. The van der Waals surface area contributed by atoms with Gasteiger partial charge in [0.15, 0.2) is 5.82 Å². The van der Waals surface area contributed by atoms with E-state index in [2.05, 4.69) is 15.1 Å². The largest absolute Gasteiger partial charge is 0.381 e. The van der Waals surface area contributed by atoms with Gasteiger partial charge in [0.05, 0.1) is 6.61 Å². The molecule has 0 aliphatic rings. The van der Waals surface area contributed by atoms with Gasteiger partial charge in [0, 0.05) is 25.0 Å². The van der Waals surface area contributed by atoms with Crippen LogP contribution in [-0.2, 0) is 17.7 Å². The lowest BCUT2D eigenvalue weighted by Gasteiger charge is -1.94. The van der Waals surface area contributed by atoms with E-state index in [4.69, 9.17) is 15.0 Å². The van der Waals surface area contributed by atoms with Crippen molar-refractivity contribution in [2.45, 2.75) is 19.9 Å². The third kappa shape index (κ3) is 3.09. The molecule has 2 aromatic heterocycles. The Bertz CT molecular complexity index is 468. The fourth-order valence-electron chi connectivity index (χ4n) is 1.27. The van der Waals surface area contributed by atoms with E-state index < -0.39 is 0 Å². The molecule has 0 atom stereocenters. The number of rotatable bonds is 6. The zero-order valence-electron chi connectivity index (χ0n) is 9.55. The van der Waals surface area contributed by atoms with Crippen LogP contribution in [0.25, 0.3) is 11.6 Å². The van der Waals surface area contributed by atoms with Crippen molar-refractivity contribution in [3.05, 3.63) is 16.2 Å². The third-order valence-corrected chi connectivity index (χ3v) is 2.96. The maximum atomic E-state index is 5.49. The minimum Gasteiger partial charge on any atom is -0.381 e. The lowest BCUT2D eigenvalue weighted by Crippen LogP contribution is -1.99. The fourth-order valence-corrected chi connectivity index (χ4v) is 1.92. The van der Waals surface area contributed by atoms with E-state index in [1.165, 1.54) is 11.3 Å². The van der Waals surface area contributed by atoms with E-state index in [9.17, 15) is 0 Å². The number of aromatic nitrogens is 3. The fraction of sp³-hybridized carbons (Fsp3) is 0.500. The molecule has 0 saturated carbocycles. The van der Waals surface area contributed by atoms with Gasteiger partial charge in [-0.3, -0.25) is 0 Å². The van der Waals surface area contributed by atoms with Gasteiger partial charge in [-0.25, -0.2) is 4.98 Å². The molecule has 2 N–H and O–H groups in total. The molecule has 17 heavy (non-hydrogen) atoms. The summed E-state index contributed by atoms with van der Waals surface area (Å²) in [5, 5.41) is 6.59. The smallest absolute Gasteiger partial charge is 0.277 e. The number of ether oxygens (including phenoxy) is 1. The predicted molar refractivity (Wildman–Crippen MR) is 63.5 cm³/mol. The maximum absolute atomic E-state index is 5.49. The van der Waals surface area contributed by atoms with Crippen LogP contribution in [0, 0.1) is 0 Å². The van der Waals surface area contributed by atoms with Crippen LogP contribution in [0.3, 0.4) is 0 Å². The molecule has 0 fully saturated rings. The summed E-state index contributed by atoms with van der Waals surface area (Å²) in [4.78, 5) is 8.52. The van der Waals surface area contributed by atoms with Crippen molar-refractivity contribution in [2.24, 2.45) is 5.73 Å². The Hall–Kier alpha value is -1.31. The van der Waals surface area contributed by atoms with Crippen molar-refractivity contribution in [3.63, 3.8) is 0 Å². The molecule has 0 spiro atoms. The van der Waals surface area contributed by atoms with Gasteiger partial charge in [0.2, 0.25) is 0 Å². The quantitative estimate of drug-likeness (QED) is 0.780. The van der Waals surface area contributed by atoms with E-state index in [1.54, 1.807) is 0 Å². The van der Waals surface area contributed by atoms with Gasteiger partial charge in [0.1, 0.15) is 10.7 Å². The van der Waals surface area contributed by atoms with Crippen molar-refractivity contribution in [1.82, 2.24) is 15.1 Å².